The van der Waals surface area contributed by atoms with Crippen LogP contribution in [0.1, 0.15) is 65.2 Å². The lowest BCUT2D eigenvalue weighted by Gasteiger charge is -2.07. The van der Waals surface area contributed by atoms with Gasteiger partial charge in [0, 0.05) is 0 Å². The maximum absolute atomic E-state index is 4.13. The molecule has 0 spiro atoms. The molecule has 102 valence electrons. The van der Waals surface area contributed by atoms with E-state index in [0.29, 0.717) is 0 Å². The van der Waals surface area contributed by atoms with Crippen molar-refractivity contribution in [2.24, 2.45) is 0 Å². The van der Waals surface area contributed by atoms with Gasteiger partial charge in [-0.3, -0.25) is 0 Å². The highest BCUT2D eigenvalue weighted by Crippen LogP contribution is 2.18. The average Bonchev–Trinajstić information content (AvgIpc) is 2.28. The molecule has 0 radical (unpaired) electrons. The molecular weight excluding hydrogens is 216 g/mol. The van der Waals surface area contributed by atoms with Crippen LogP contribution in [0.5, 0.6) is 0 Å². The Morgan fingerprint density at radius 3 is 2.28 bits per heavy atom. The Balaban J connectivity index is 3.64. The van der Waals surface area contributed by atoms with Crippen molar-refractivity contribution >= 4 is 0 Å². The van der Waals surface area contributed by atoms with E-state index in [1.165, 1.54) is 42.4 Å². The molecule has 0 aromatic carbocycles. The van der Waals surface area contributed by atoms with Crippen LogP contribution in [-0.4, -0.2) is 0 Å². The van der Waals surface area contributed by atoms with Crippen LogP contribution in [0.25, 0.3) is 0 Å². The smallest absolute Gasteiger partial charge is 0.0111 e. The normalized spacial score (nSPS) is 10.8. The highest BCUT2D eigenvalue weighted by molar-refractivity contribution is 5.12. The summed E-state index contributed by atoms with van der Waals surface area (Å²) in [6, 6.07) is 0. The summed E-state index contributed by atoms with van der Waals surface area (Å²) >= 11 is 0. The van der Waals surface area contributed by atoms with Crippen molar-refractivity contribution in [3.63, 3.8) is 0 Å². The molecule has 0 amide bonds. The van der Waals surface area contributed by atoms with Gasteiger partial charge in [-0.1, -0.05) is 61.8 Å². The fraction of sp³-hybridized carbons (Fsp3) is 0.556. The zero-order valence-electron chi connectivity index (χ0n) is 12.4. The molecule has 0 aromatic heterocycles. The van der Waals surface area contributed by atoms with Crippen LogP contribution < -0.4 is 0 Å². The van der Waals surface area contributed by atoms with Gasteiger partial charge in [-0.05, 0) is 45.4 Å². The van der Waals surface area contributed by atoms with Gasteiger partial charge in [-0.15, -0.1) is 6.58 Å². The monoisotopic (exact) mass is 246 g/mol. The fourth-order valence-corrected chi connectivity index (χ4v) is 1.84. The van der Waals surface area contributed by atoms with E-state index in [1.54, 1.807) is 0 Å². The lowest BCUT2D eigenvalue weighted by atomic mass is 9.99. The third-order valence-corrected chi connectivity index (χ3v) is 2.93. The SMILES string of the molecule is C=C(C)CCCC(=C)CC(=C)CC=CCCCC. The van der Waals surface area contributed by atoms with Crippen molar-refractivity contribution in [1.82, 2.24) is 0 Å². The molecule has 0 nitrogen and oxygen atoms in total. The molecule has 0 aromatic rings. The van der Waals surface area contributed by atoms with Crippen LogP contribution in [0, 0.1) is 0 Å². The van der Waals surface area contributed by atoms with E-state index in [4.69, 9.17) is 0 Å². The molecule has 0 unspecified atom stereocenters. The van der Waals surface area contributed by atoms with E-state index >= 15 is 0 Å². The van der Waals surface area contributed by atoms with Crippen LogP contribution >= 0.6 is 0 Å². The first-order valence-corrected chi connectivity index (χ1v) is 7.19. The number of hydrogen-bond acceptors (Lipinski definition) is 0. The summed E-state index contributed by atoms with van der Waals surface area (Å²) in [5, 5.41) is 0. The Morgan fingerprint density at radius 2 is 1.67 bits per heavy atom. The first kappa shape index (κ1) is 17.0. The minimum Gasteiger partial charge on any atom is -0.100 e. The summed E-state index contributed by atoms with van der Waals surface area (Å²) in [5.74, 6) is 0. The van der Waals surface area contributed by atoms with Gasteiger partial charge in [0.15, 0.2) is 0 Å². The summed E-state index contributed by atoms with van der Waals surface area (Å²) in [7, 11) is 0. The zero-order valence-corrected chi connectivity index (χ0v) is 12.4. The fourth-order valence-electron chi connectivity index (χ4n) is 1.84. The number of hydrogen-bond donors (Lipinski definition) is 0. The maximum Gasteiger partial charge on any atom is -0.0111 e. The first-order chi connectivity index (χ1) is 8.56. The minimum atomic E-state index is 0.980. The number of allylic oxidation sites excluding steroid dienone is 5. The molecule has 0 aliphatic rings. The van der Waals surface area contributed by atoms with Crippen LogP contribution in [0.15, 0.2) is 48.6 Å². The molecule has 0 bridgehead atoms. The molecule has 0 heterocycles. The number of rotatable bonds is 11. The van der Waals surface area contributed by atoms with Crippen LogP contribution in [0.2, 0.25) is 0 Å². The molecular formula is C18H30. The first-order valence-electron chi connectivity index (χ1n) is 7.19. The van der Waals surface area contributed by atoms with Crippen molar-refractivity contribution in [2.75, 3.05) is 0 Å². The third kappa shape index (κ3) is 11.4. The van der Waals surface area contributed by atoms with E-state index in [1.807, 2.05) is 0 Å². The van der Waals surface area contributed by atoms with Crippen molar-refractivity contribution in [3.05, 3.63) is 48.6 Å². The van der Waals surface area contributed by atoms with Crippen molar-refractivity contribution in [3.8, 4) is 0 Å². The van der Waals surface area contributed by atoms with Gasteiger partial charge in [0.1, 0.15) is 0 Å². The van der Waals surface area contributed by atoms with Gasteiger partial charge >= 0.3 is 0 Å². The zero-order chi connectivity index (χ0) is 13.8. The van der Waals surface area contributed by atoms with E-state index in [9.17, 15) is 0 Å². The highest BCUT2D eigenvalue weighted by atomic mass is 14.0. The Bertz CT molecular complexity index is 291. The summed E-state index contributed by atoms with van der Waals surface area (Å²) in [6.07, 6.45) is 13.7. The van der Waals surface area contributed by atoms with Crippen molar-refractivity contribution < 1.29 is 0 Å². The van der Waals surface area contributed by atoms with Gasteiger partial charge < -0.3 is 0 Å². The predicted molar refractivity (Wildman–Crippen MR) is 84.8 cm³/mol. The Morgan fingerprint density at radius 1 is 0.944 bits per heavy atom. The summed E-state index contributed by atoms with van der Waals surface area (Å²) < 4.78 is 0. The quantitative estimate of drug-likeness (QED) is 0.293. The predicted octanol–water partition coefficient (Wildman–Crippen LogP) is 6.37. The summed E-state index contributed by atoms with van der Waals surface area (Å²) in [5.41, 5.74) is 3.85. The van der Waals surface area contributed by atoms with E-state index in [-0.39, 0.29) is 0 Å². The van der Waals surface area contributed by atoms with Gasteiger partial charge in [-0.25, -0.2) is 0 Å². The molecule has 0 atom stereocenters. The topological polar surface area (TPSA) is 0 Å². The van der Waals surface area contributed by atoms with Gasteiger partial charge in [-0.2, -0.15) is 0 Å². The molecule has 0 heteroatoms. The minimum absolute atomic E-state index is 0.980. The average molecular weight is 246 g/mol. The Labute approximate surface area is 114 Å². The second kappa shape index (κ2) is 11.1. The highest BCUT2D eigenvalue weighted by Gasteiger charge is 1.98. The molecule has 0 fully saturated rings. The lowest BCUT2D eigenvalue weighted by Crippen LogP contribution is -1.87. The van der Waals surface area contributed by atoms with Gasteiger partial charge in [0.2, 0.25) is 0 Å². The molecule has 0 saturated carbocycles. The lowest BCUT2D eigenvalue weighted by molar-refractivity contribution is 0.785. The summed E-state index contributed by atoms with van der Waals surface area (Å²) in [4.78, 5) is 0. The van der Waals surface area contributed by atoms with E-state index in [2.05, 4.69) is 45.7 Å². The second-order valence-corrected chi connectivity index (χ2v) is 5.31. The van der Waals surface area contributed by atoms with Crippen molar-refractivity contribution in [1.29, 1.82) is 0 Å². The Kier molecular flexibility index (Phi) is 10.4. The van der Waals surface area contributed by atoms with E-state index in [0.717, 1.165) is 25.7 Å². The molecule has 0 rings (SSSR count). The number of unbranched alkanes of at least 4 members (excludes halogenated alkanes) is 2. The van der Waals surface area contributed by atoms with Crippen LogP contribution in [0.4, 0.5) is 0 Å². The molecule has 0 aliphatic heterocycles. The third-order valence-electron chi connectivity index (χ3n) is 2.93. The molecule has 0 saturated heterocycles. The van der Waals surface area contributed by atoms with Gasteiger partial charge in [0.25, 0.3) is 0 Å². The van der Waals surface area contributed by atoms with Crippen LogP contribution in [0.3, 0.4) is 0 Å². The molecule has 18 heavy (non-hydrogen) atoms. The summed E-state index contributed by atoms with van der Waals surface area (Å²) in [6.45, 7) is 16.5. The van der Waals surface area contributed by atoms with Gasteiger partial charge in [0.05, 0.1) is 0 Å². The Hall–Kier alpha value is -1.04. The van der Waals surface area contributed by atoms with Crippen LogP contribution in [-0.2, 0) is 0 Å². The molecule has 0 aliphatic carbocycles. The standard InChI is InChI=1S/C18H30/c1-6-7-8-9-10-13-17(4)15-18(5)14-11-12-16(2)3/h9-10H,2,4-8,11-15H2,1,3H3. The van der Waals surface area contributed by atoms with E-state index < -0.39 is 0 Å². The van der Waals surface area contributed by atoms with Crippen molar-refractivity contribution in [2.45, 2.75) is 65.2 Å². The largest absolute Gasteiger partial charge is 0.100 e. The molecule has 0 N–H and O–H groups in total. The second-order valence-electron chi connectivity index (χ2n) is 5.31. The maximum atomic E-state index is 4.13.